The maximum absolute atomic E-state index is 10.7. The fourth-order valence-corrected chi connectivity index (χ4v) is 2.27. The summed E-state index contributed by atoms with van der Waals surface area (Å²) in [5.74, 6) is 0.0442. The fourth-order valence-electron chi connectivity index (χ4n) is 1.61. The van der Waals surface area contributed by atoms with Gasteiger partial charge in [-0.15, -0.1) is 11.3 Å². The minimum absolute atomic E-state index is 0.229. The number of carboxylic acid groups (broad SMARTS) is 1. The molecule has 0 aliphatic heterocycles. The molecule has 1 N–H and O–H groups in total. The zero-order chi connectivity index (χ0) is 14.5. The first kappa shape index (κ1) is 13.9. The molecule has 0 aliphatic rings. The largest absolute Gasteiger partial charge is 0.495 e. The number of hydrogen-bond acceptors (Lipinski definition) is 5. The van der Waals surface area contributed by atoms with Gasteiger partial charge in [0, 0.05) is 11.4 Å². The van der Waals surface area contributed by atoms with Gasteiger partial charge in [0.05, 0.1) is 12.7 Å². The van der Waals surface area contributed by atoms with Gasteiger partial charge in [-0.2, -0.15) is 5.26 Å². The van der Waals surface area contributed by atoms with Crippen LogP contribution in [0.15, 0.2) is 29.6 Å². The summed E-state index contributed by atoms with van der Waals surface area (Å²) >= 11 is 1.11. The summed E-state index contributed by atoms with van der Waals surface area (Å²) in [5.41, 5.74) is 1.25. The summed E-state index contributed by atoms with van der Waals surface area (Å²) in [6, 6.07) is 8.70. The van der Waals surface area contributed by atoms with Gasteiger partial charge in [-0.1, -0.05) is 6.07 Å². The second-order valence-corrected chi connectivity index (χ2v) is 4.80. The van der Waals surface area contributed by atoms with E-state index in [1.807, 2.05) is 6.07 Å². The highest BCUT2D eigenvalue weighted by Crippen LogP contribution is 2.24. The van der Waals surface area contributed by atoms with Crippen molar-refractivity contribution < 1.29 is 19.4 Å². The summed E-state index contributed by atoms with van der Waals surface area (Å²) in [4.78, 5) is 11.0. The summed E-state index contributed by atoms with van der Waals surface area (Å²) in [7, 11) is 1.51. The zero-order valence-electron chi connectivity index (χ0n) is 10.6. The highest BCUT2D eigenvalue weighted by atomic mass is 32.1. The second kappa shape index (κ2) is 6.08. The van der Waals surface area contributed by atoms with E-state index in [1.165, 1.54) is 13.2 Å². The Morgan fingerprint density at radius 1 is 1.45 bits per heavy atom. The highest BCUT2D eigenvalue weighted by Gasteiger charge is 2.08. The van der Waals surface area contributed by atoms with E-state index in [0.717, 1.165) is 16.9 Å². The van der Waals surface area contributed by atoms with Crippen molar-refractivity contribution in [3.8, 4) is 17.6 Å². The molecule has 0 aliphatic carbocycles. The van der Waals surface area contributed by atoms with Crippen LogP contribution in [0.4, 0.5) is 0 Å². The number of nitrogens with zero attached hydrogens (tertiary/aromatic N) is 1. The van der Waals surface area contributed by atoms with E-state index < -0.39 is 5.97 Å². The minimum atomic E-state index is -0.971. The van der Waals surface area contributed by atoms with Crippen LogP contribution in [0.3, 0.4) is 0 Å². The Bertz CT molecular complexity index is 672. The van der Waals surface area contributed by atoms with Crippen LogP contribution in [0.25, 0.3) is 0 Å². The van der Waals surface area contributed by atoms with Crippen molar-refractivity contribution in [2.24, 2.45) is 0 Å². The van der Waals surface area contributed by atoms with Crippen molar-refractivity contribution in [3.05, 3.63) is 45.6 Å². The lowest BCUT2D eigenvalue weighted by atomic mass is 10.1. The molecule has 2 rings (SSSR count). The molecule has 0 atom stereocenters. The monoisotopic (exact) mass is 289 g/mol. The molecule has 0 saturated heterocycles. The number of aromatic carboxylic acids is 1. The number of thiophene rings is 1. The lowest BCUT2D eigenvalue weighted by molar-refractivity contribution is 0.0702. The van der Waals surface area contributed by atoms with Crippen LogP contribution in [0, 0.1) is 11.3 Å². The van der Waals surface area contributed by atoms with Crippen LogP contribution < -0.4 is 9.47 Å². The summed E-state index contributed by atoms with van der Waals surface area (Å²) < 4.78 is 10.5. The fraction of sp³-hybridized carbons (Fsp3) is 0.143. The van der Waals surface area contributed by atoms with Gasteiger partial charge in [-0.25, -0.2) is 4.79 Å². The van der Waals surface area contributed by atoms with Gasteiger partial charge in [0.25, 0.3) is 0 Å². The quantitative estimate of drug-likeness (QED) is 0.915. The first-order chi connectivity index (χ1) is 9.63. The van der Waals surface area contributed by atoms with Crippen molar-refractivity contribution in [2.45, 2.75) is 6.61 Å². The van der Waals surface area contributed by atoms with Crippen molar-refractivity contribution in [1.29, 1.82) is 5.26 Å². The van der Waals surface area contributed by atoms with E-state index in [1.54, 1.807) is 23.6 Å². The molecule has 0 amide bonds. The number of carbonyl (C=O) groups is 1. The molecule has 20 heavy (non-hydrogen) atoms. The third-order valence-corrected chi connectivity index (χ3v) is 3.47. The van der Waals surface area contributed by atoms with Gasteiger partial charge >= 0.3 is 5.97 Å². The molecule has 5 nitrogen and oxygen atoms in total. The minimum Gasteiger partial charge on any atom is -0.495 e. The summed E-state index contributed by atoms with van der Waals surface area (Å²) in [6.45, 7) is 0.258. The lowest BCUT2D eigenvalue weighted by Crippen LogP contribution is -1.97. The Morgan fingerprint density at radius 3 is 2.85 bits per heavy atom. The van der Waals surface area contributed by atoms with Gasteiger partial charge in [0.15, 0.2) is 0 Å². The van der Waals surface area contributed by atoms with Crippen LogP contribution in [0.1, 0.15) is 20.8 Å². The second-order valence-electron chi connectivity index (χ2n) is 3.89. The average molecular weight is 289 g/mol. The first-order valence-electron chi connectivity index (χ1n) is 5.65. The summed E-state index contributed by atoms with van der Waals surface area (Å²) in [6.07, 6.45) is 0. The van der Waals surface area contributed by atoms with Crippen molar-refractivity contribution in [3.63, 3.8) is 0 Å². The first-order valence-corrected chi connectivity index (χ1v) is 6.53. The Hall–Kier alpha value is -2.52. The highest BCUT2D eigenvalue weighted by molar-refractivity contribution is 7.12. The molecular weight excluding hydrogens is 278 g/mol. The topological polar surface area (TPSA) is 79.6 Å². The Balaban J connectivity index is 2.07. The molecule has 1 heterocycles. The molecule has 1 aromatic heterocycles. The van der Waals surface area contributed by atoms with E-state index in [0.29, 0.717) is 17.1 Å². The number of rotatable bonds is 5. The third kappa shape index (κ3) is 3.08. The molecule has 2 aromatic rings. The molecule has 0 radical (unpaired) electrons. The normalized spacial score (nSPS) is 9.80. The smallest absolute Gasteiger partial charge is 0.346 e. The van der Waals surface area contributed by atoms with Gasteiger partial charge in [0.2, 0.25) is 0 Å². The van der Waals surface area contributed by atoms with E-state index in [9.17, 15) is 4.79 Å². The predicted molar refractivity (Wildman–Crippen MR) is 73.3 cm³/mol. The van der Waals surface area contributed by atoms with E-state index in [-0.39, 0.29) is 11.5 Å². The van der Waals surface area contributed by atoms with Crippen molar-refractivity contribution >= 4 is 17.3 Å². The van der Waals surface area contributed by atoms with Crippen LogP contribution in [0.5, 0.6) is 11.5 Å². The standard InChI is InChI=1S/C14H11NO4S/c1-18-12-3-2-9(4-10(12)6-15)7-19-11-5-13(14(16)17)20-8-11/h2-5,8H,7H2,1H3,(H,16,17). The van der Waals surface area contributed by atoms with E-state index >= 15 is 0 Å². The predicted octanol–water partition coefficient (Wildman–Crippen LogP) is 2.91. The van der Waals surface area contributed by atoms with Crippen molar-refractivity contribution in [2.75, 3.05) is 7.11 Å². The molecule has 102 valence electrons. The molecule has 0 unspecified atom stereocenters. The number of methoxy groups -OCH3 is 1. The van der Waals surface area contributed by atoms with Crippen LogP contribution >= 0.6 is 11.3 Å². The number of carboxylic acids is 1. The average Bonchev–Trinajstić information content (AvgIpc) is 2.94. The molecular formula is C14H11NO4S. The SMILES string of the molecule is COc1ccc(COc2csc(C(=O)O)c2)cc1C#N. The Kier molecular flexibility index (Phi) is 4.23. The third-order valence-electron chi connectivity index (χ3n) is 2.58. The van der Waals surface area contributed by atoms with E-state index in [4.69, 9.17) is 19.8 Å². The van der Waals surface area contributed by atoms with Crippen molar-refractivity contribution in [1.82, 2.24) is 0 Å². The molecule has 6 heteroatoms. The maximum atomic E-state index is 10.7. The number of nitriles is 1. The maximum Gasteiger partial charge on any atom is 0.346 e. The van der Waals surface area contributed by atoms with Gasteiger partial charge in [-0.3, -0.25) is 0 Å². The Labute approximate surface area is 119 Å². The molecule has 0 fully saturated rings. The van der Waals surface area contributed by atoms with Crippen LogP contribution in [0.2, 0.25) is 0 Å². The number of benzene rings is 1. The number of ether oxygens (including phenoxy) is 2. The zero-order valence-corrected chi connectivity index (χ0v) is 11.4. The van der Waals surface area contributed by atoms with Gasteiger partial charge in [0.1, 0.15) is 29.1 Å². The van der Waals surface area contributed by atoms with Gasteiger partial charge < -0.3 is 14.6 Å². The molecule has 0 saturated carbocycles. The number of hydrogen-bond donors (Lipinski definition) is 1. The van der Waals surface area contributed by atoms with E-state index in [2.05, 4.69) is 0 Å². The van der Waals surface area contributed by atoms with Crippen LogP contribution in [-0.2, 0) is 6.61 Å². The Morgan fingerprint density at radius 2 is 2.25 bits per heavy atom. The van der Waals surface area contributed by atoms with Gasteiger partial charge in [-0.05, 0) is 17.7 Å². The summed E-state index contributed by atoms with van der Waals surface area (Å²) in [5, 5.41) is 19.4. The lowest BCUT2D eigenvalue weighted by Gasteiger charge is -2.07. The van der Waals surface area contributed by atoms with Crippen LogP contribution in [-0.4, -0.2) is 18.2 Å². The molecule has 1 aromatic carbocycles. The molecule has 0 bridgehead atoms. The molecule has 0 spiro atoms.